The highest BCUT2D eigenvalue weighted by Gasteiger charge is 2.16. The van der Waals surface area contributed by atoms with Crippen LogP contribution in [0.2, 0.25) is 0 Å². The van der Waals surface area contributed by atoms with E-state index in [1.165, 1.54) is 23.1 Å². The summed E-state index contributed by atoms with van der Waals surface area (Å²) in [6, 6.07) is 7.03. The molecule has 1 aliphatic heterocycles. The minimum Gasteiger partial charge on any atom is -0.376 e. The molecule has 0 radical (unpaired) electrons. The van der Waals surface area contributed by atoms with Crippen molar-refractivity contribution >= 4 is 56.0 Å². The van der Waals surface area contributed by atoms with Gasteiger partial charge in [0.1, 0.15) is 0 Å². The maximum absolute atomic E-state index is 12.1. The Morgan fingerprint density at radius 3 is 2.85 bits per heavy atom. The third-order valence-electron chi connectivity index (χ3n) is 3.61. The minimum atomic E-state index is -0.250. The van der Waals surface area contributed by atoms with Crippen molar-refractivity contribution in [3.63, 3.8) is 0 Å². The lowest BCUT2D eigenvalue weighted by Gasteiger charge is -2.09. The quantitative estimate of drug-likeness (QED) is 0.491. The number of hydrogen-bond donors (Lipinski definition) is 2. The molecule has 1 unspecified atom stereocenters. The summed E-state index contributed by atoms with van der Waals surface area (Å²) < 4.78 is 7.00. The van der Waals surface area contributed by atoms with Crippen molar-refractivity contribution in [2.75, 3.05) is 24.2 Å². The average Bonchev–Trinajstić information content (AvgIpc) is 3.30. The summed E-state index contributed by atoms with van der Waals surface area (Å²) in [5.74, 6) is -0.0668. The molecule has 0 bridgehead atoms. The summed E-state index contributed by atoms with van der Waals surface area (Å²) in [7, 11) is 0. The van der Waals surface area contributed by atoms with Gasteiger partial charge in [0.05, 0.1) is 11.9 Å². The van der Waals surface area contributed by atoms with Crippen LogP contribution in [-0.2, 0) is 9.53 Å². The van der Waals surface area contributed by atoms with Crippen molar-refractivity contribution in [2.24, 2.45) is 0 Å². The average molecular weight is 457 g/mol. The van der Waals surface area contributed by atoms with Crippen LogP contribution in [0.5, 0.6) is 0 Å². The van der Waals surface area contributed by atoms with Crippen molar-refractivity contribution in [2.45, 2.75) is 23.3 Å². The molecule has 1 saturated heterocycles. The van der Waals surface area contributed by atoms with Crippen LogP contribution in [0.15, 0.2) is 33.1 Å². The first kappa shape index (κ1) is 19.3. The van der Waals surface area contributed by atoms with Gasteiger partial charge in [-0.1, -0.05) is 39.0 Å². The molecular formula is C16H17BrN4O3S2. The zero-order chi connectivity index (χ0) is 18.4. The Hall–Kier alpha value is -1.49. The smallest absolute Gasteiger partial charge is 0.257 e. The van der Waals surface area contributed by atoms with E-state index in [1.807, 2.05) is 0 Å². The fourth-order valence-electron chi connectivity index (χ4n) is 2.30. The lowest BCUT2D eigenvalue weighted by Crippen LogP contribution is -2.32. The fraction of sp³-hybridized carbons (Fsp3) is 0.375. The summed E-state index contributed by atoms with van der Waals surface area (Å²) in [6.07, 6.45) is 2.17. The van der Waals surface area contributed by atoms with Crippen molar-refractivity contribution in [1.29, 1.82) is 0 Å². The third kappa shape index (κ3) is 5.76. The second-order valence-corrected chi connectivity index (χ2v) is 8.68. The van der Waals surface area contributed by atoms with Gasteiger partial charge in [0.2, 0.25) is 11.0 Å². The number of aromatic nitrogens is 2. The van der Waals surface area contributed by atoms with Gasteiger partial charge in [0, 0.05) is 23.2 Å². The lowest BCUT2D eigenvalue weighted by molar-refractivity contribution is -0.119. The Kier molecular flexibility index (Phi) is 7.00. The van der Waals surface area contributed by atoms with Crippen LogP contribution in [0, 0.1) is 0 Å². The fourth-order valence-corrected chi connectivity index (χ4v) is 4.14. The Balaban J connectivity index is 1.43. The second kappa shape index (κ2) is 9.45. The number of anilines is 1. The number of benzene rings is 1. The highest BCUT2D eigenvalue weighted by molar-refractivity contribution is 9.10. The van der Waals surface area contributed by atoms with E-state index in [-0.39, 0.29) is 23.7 Å². The van der Waals surface area contributed by atoms with Crippen LogP contribution in [0.25, 0.3) is 0 Å². The van der Waals surface area contributed by atoms with Crippen LogP contribution in [0.1, 0.15) is 23.2 Å². The molecule has 2 aromatic rings. The lowest BCUT2D eigenvalue weighted by atomic mass is 10.2. The van der Waals surface area contributed by atoms with Gasteiger partial charge >= 0.3 is 0 Å². The van der Waals surface area contributed by atoms with Crippen LogP contribution in [-0.4, -0.2) is 47.0 Å². The largest absolute Gasteiger partial charge is 0.376 e. The van der Waals surface area contributed by atoms with E-state index in [1.54, 1.807) is 24.3 Å². The molecule has 0 aliphatic carbocycles. The molecule has 3 rings (SSSR count). The van der Waals surface area contributed by atoms with Crippen molar-refractivity contribution in [3.05, 3.63) is 34.3 Å². The normalized spacial score (nSPS) is 16.4. The number of thioether (sulfide) groups is 1. The van der Waals surface area contributed by atoms with E-state index in [2.05, 4.69) is 36.8 Å². The SMILES string of the molecule is O=C(CSc1nnc(NC(=O)c2ccc(Br)cc2)s1)NCC1CCCO1. The molecule has 0 saturated carbocycles. The first-order valence-corrected chi connectivity index (χ1v) is 10.6. The van der Waals surface area contributed by atoms with Crippen molar-refractivity contribution in [1.82, 2.24) is 15.5 Å². The van der Waals surface area contributed by atoms with Gasteiger partial charge in [-0.15, -0.1) is 10.2 Å². The minimum absolute atomic E-state index is 0.0684. The van der Waals surface area contributed by atoms with E-state index in [0.29, 0.717) is 21.6 Å². The Morgan fingerprint density at radius 2 is 2.12 bits per heavy atom. The molecule has 7 nitrogen and oxygen atoms in total. The van der Waals surface area contributed by atoms with Gasteiger partial charge in [-0.2, -0.15) is 0 Å². The summed E-state index contributed by atoms with van der Waals surface area (Å²) in [5.41, 5.74) is 0.533. The van der Waals surface area contributed by atoms with Crippen LogP contribution < -0.4 is 10.6 Å². The summed E-state index contributed by atoms with van der Waals surface area (Å²) in [6.45, 7) is 1.32. The third-order valence-corrected chi connectivity index (χ3v) is 6.11. The van der Waals surface area contributed by atoms with Crippen LogP contribution in [0.3, 0.4) is 0 Å². The highest BCUT2D eigenvalue weighted by atomic mass is 79.9. The van der Waals surface area contributed by atoms with Crippen molar-refractivity contribution in [3.8, 4) is 0 Å². The molecule has 138 valence electrons. The molecule has 2 amide bonds. The molecule has 1 aromatic heterocycles. The van der Waals surface area contributed by atoms with Crippen molar-refractivity contribution < 1.29 is 14.3 Å². The number of hydrogen-bond acceptors (Lipinski definition) is 7. The standard InChI is InChI=1S/C16H17BrN4O3S2/c17-11-5-3-10(4-6-11)14(23)19-15-20-21-16(26-15)25-9-13(22)18-8-12-2-1-7-24-12/h3-6,12H,1-2,7-9H2,(H,18,22)(H,19,20,23). The van der Waals surface area contributed by atoms with Gasteiger partial charge in [-0.3, -0.25) is 14.9 Å². The number of carbonyl (C=O) groups is 2. The molecule has 26 heavy (non-hydrogen) atoms. The van der Waals surface area contributed by atoms with Gasteiger partial charge in [-0.25, -0.2) is 0 Å². The number of ether oxygens (including phenoxy) is 1. The highest BCUT2D eigenvalue weighted by Crippen LogP contribution is 2.25. The number of nitrogens with zero attached hydrogens (tertiary/aromatic N) is 2. The molecule has 1 fully saturated rings. The summed E-state index contributed by atoms with van der Waals surface area (Å²) in [4.78, 5) is 24.0. The molecule has 1 aliphatic rings. The van der Waals surface area contributed by atoms with Crippen LogP contribution in [0.4, 0.5) is 5.13 Å². The van der Waals surface area contributed by atoms with E-state index < -0.39 is 0 Å². The summed E-state index contributed by atoms with van der Waals surface area (Å²) in [5, 5.41) is 13.9. The molecule has 1 atom stereocenters. The topological polar surface area (TPSA) is 93.2 Å². The predicted octanol–water partition coefficient (Wildman–Crippen LogP) is 2.94. The summed E-state index contributed by atoms with van der Waals surface area (Å²) >= 11 is 5.86. The molecule has 0 spiro atoms. The van der Waals surface area contributed by atoms with Gasteiger partial charge in [-0.05, 0) is 37.1 Å². The van der Waals surface area contributed by atoms with E-state index in [9.17, 15) is 9.59 Å². The number of amides is 2. The Morgan fingerprint density at radius 1 is 1.31 bits per heavy atom. The number of rotatable bonds is 7. The first-order valence-electron chi connectivity index (χ1n) is 8.01. The monoisotopic (exact) mass is 456 g/mol. The van der Waals surface area contributed by atoms with Gasteiger partial charge in [0.15, 0.2) is 4.34 Å². The van der Waals surface area contributed by atoms with Gasteiger partial charge < -0.3 is 10.1 Å². The van der Waals surface area contributed by atoms with E-state index in [0.717, 1.165) is 23.9 Å². The Bertz CT molecular complexity index is 763. The first-order chi connectivity index (χ1) is 12.6. The zero-order valence-corrected chi connectivity index (χ0v) is 17.0. The molecule has 1 aromatic carbocycles. The number of carbonyl (C=O) groups excluding carboxylic acids is 2. The molecule has 10 heteroatoms. The number of nitrogens with one attached hydrogen (secondary N) is 2. The maximum Gasteiger partial charge on any atom is 0.257 e. The zero-order valence-electron chi connectivity index (χ0n) is 13.7. The van der Waals surface area contributed by atoms with E-state index >= 15 is 0 Å². The Labute approximate surface area is 167 Å². The maximum atomic E-state index is 12.1. The molecular weight excluding hydrogens is 440 g/mol. The van der Waals surface area contributed by atoms with Gasteiger partial charge in [0.25, 0.3) is 5.91 Å². The molecule has 2 N–H and O–H groups in total. The molecule has 2 heterocycles. The second-order valence-electron chi connectivity index (χ2n) is 5.56. The van der Waals surface area contributed by atoms with Crippen LogP contribution >= 0.6 is 39.0 Å². The van der Waals surface area contributed by atoms with E-state index in [4.69, 9.17) is 4.74 Å². The predicted molar refractivity (Wildman–Crippen MR) is 105 cm³/mol. The number of halogens is 1.